The Balaban J connectivity index is 1.54. The minimum Gasteiger partial charge on any atom is -0.280 e. The Bertz CT molecular complexity index is 1470. The fraction of sp³-hybridized carbons (Fsp3) is 0. The number of hydrogen-bond donors (Lipinski definition) is 2. The molecule has 0 unspecified atom stereocenters. The summed E-state index contributed by atoms with van der Waals surface area (Å²) in [5, 5.41) is 2.14. The van der Waals surface area contributed by atoms with Crippen LogP contribution in [0.4, 0.5) is 11.4 Å². The van der Waals surface area contributed by atoms with E-state index in [1.165, 1.54) is 36.4 Å². The third kappa shape index (κ3) is 4.82. The van der Waals surface area contributed by atoms with Crippen LogP contribution in [0.3, 0.4) is 0 Å². The largest absolute Gasteiger partial charge is 0.280 e. The van der Waals surface area contributed by atoms with Crippen molar-refractivity contribution < 1.29 is 16.8 Å². The lowest BCUT2D eigenvalue weighted by atomic mass is 10.1. The highest BCUT2D eigenvalue weighted by atomic mass is 35.5. The first-order valence-corrected chi connectivity index (χ1v) is 12.5. The fourth-order valence-corrected chi connectivity index (χ4v) is 5.35. The molecule has 2 N–H and O–H groups in total. The van der Waals surface area contributed by atoms with Crippen LogP contribution in [0, 0.1) is 0 Å². The first-order valence-electron chi connectivity index (χ1n) is 9.13. The van der Waals surface area contributed by atoms with E-state index in [-0.39, 0.29) is 15.5 Å². The quantitative estimate of drug-likeness (QED) is 0.408. The van der Waals surface area contributed by atoms with Crippen molar-refractivity contribution in [3.8, 4) is 0 Å². The van der Waals surface area contributed by atoms with Gasteiger partial charge in [0.05, 0.1) is 15.5 Å². The zero-order chi connectivity index (χ0) is 22.1. The van der Waals surface area contributed by atoms with E-state index in [0.29, 0.717) is 10.7 Å². The topological polar surface area (TPSA) is 92.3 Å². The predicted molar refractivity (Wildman–Crippen MR) is 123 cm³/mol. The first-order chi connectivity index (χ1) is 14.7. The third-order valence-corrected chi connectivity index (χ3v) is 7.54. The summed E-state index contributed by atoms with van der Waals surface area (Å²) in [6.07, 6.45) is 0. The van der Waals surface area contributed by atoms with E-state index >= 15 is 0 Å². The van der Waals surface area contributed by atoms with Crippen LogP contribution in [0.5, 0.6) is 0 Å². The molecule has 158 valence electrons. The number of hydrogen-bond acceptors (Lipinski definition) is 4. The molecule has 0 spiro atoms. The fourth-order valence-electron chi connectivity index (χ4n) is 3.02. The highest BCUT2D eigenvalue weighted by molar-refractivity contribution is 7.93. The maximum atomic E-state index is 12.7. The van der Waals surface area contributed by atoms with Gasteiger partial charge in [-0.25, -0.2) is 16.8 Å². The summed E-state index contributed by atoms with van der Waals surface area (Å²) in [7, 11) is -7.69. The minimum atomic E-state index is -3.85. The molecule has 0 heterocycles. The molecule has 4 aromatic rings. The molecule has 31 heavy (non-hydrogen) atoms. The van der Waals surface area contributed by atoms with Crippen LogP contribution in [-0.4, -0.2) is 16.8 Å². The maximum absolute atomic E-state index is 12.7. The summed E-state index contributed by atoms with van der Waals surface area (Å²) in [4.78, 5) is 0.103. The van der Waals surface area contributed by atoms with Crippen LogP contribution in [0.2, 0.25) is 5.02 Å². The lowest BCUT2D eigenvalue weighted by Crippen LogP contribution is -2.14. The van der Waals surface area contributed by atoms with E-state index in [0.717, 1.165) is 10.8 Å². The van der Waals surface area contributed by atoms with Crippen molar-refractivity contribution >= 4 is 53.8 Å². The Morgan fingerprint density at radius 1 is 0.548 bits per heavy atom. The number of halogens is 1. The van der Waals surface area contributed by atoms with Crippen molar-refractivity contribution in [1.29, 1.82) is 0 Å². The second-order valence-electron chi connectivity index (χ2n) is 6.75. The Hall–Kier alpha value is -3.07. The zero-order valence-electron chi connectivity index (χ0n) is 16.0. The summed E-state index contributed by atoms with van der Waals surface area (Å²) >= 11 is 5.88. The summed E-state index contributed by atoms with van der Waals surface area (Å²) < 4.78 is 55.5. The number of fused-ring (bicyclic) bond motifs is 1. The van der Waals surface area contributed by atoms with Crippen LogP contribution in [0.1, 0.15) is 0 Å². The summed E-state index contributed by atoms with van der Waals surface area (Å²) in [5.41, 5.74) is 0.573. The van der Waals surface area contributed by atoms with Crippen molar-refractivity contribution in [3.05, 3.63) is 96.0 Å². The number of benzene rings is 4. The van der Waals surface area contributed by atoms with Gasteiger partial charge < -0.3 is 0 Å². The SMILES string of the molecule is O=S(=O)(Nc1cccc(Cl)c1)c1ccc(NS(=O)(=O)c2ccc3ccccc3c2)cc1. The number of anilines is 2. The van der Waals surface area contributed by atoms with Gasteiger partial charge in [0.2, 0.25) is 0 Å². The van der Waals surface area contributed by atoms with Gasteiger partial charge in [0, 0.05) is 10.7 Å². The van der Waals surface area contributed by atoms with Crippen LogP contribution in [-0.2, 0) is 20.0 Å². The Labute approximate surface area is 185 Å². The molecule has 6 nitrogen and oxygen atoms in total. The minimum absolute atomic E-state index is 0.0128. The number of nitrogens with one attached hydrogen (secondary N) is 2. The number of rotatable bonds is 6. The van der Waals surface area contributed by atoms with Gasteiger partial charge in [0.15, 0.2) is 0 Å². The van der Waals surface area contributed by atoms with E-state index in [4.69, 9.17) is 11.6 Å². The molecule has 0 fully saturated rings. The average molecular weight is 473 g/mol. The van der Waals surface area contributed by atoms with Gasteiger partial charge in [0.1, 0.15) is 0 Å². The molecule has 0 bridgehead atoms. The van der Waals surface area contributed by atoms with Crippen molar-refractivity contribution in [2.45, 2.75) is 9.79 Å². The van der Waals surface area contributed by atoms with Crippen molar-refractivity contribution in [3.63, 3.8) is 0 Å². The second kappa shape index (κ2) is 8.22. The van der Waals surface area contributed by atoms with Crippen LogP contribution < -0.4 is 9.44 Å². The van der Waals surface area contributed by atoms with E-state index in [9.17, 15) is 16.8 Å². The highest BCUT2D eigenvalue weighted by Crippen LogP contribution is 2.24. The molecule has 0 aliphatic rings. The molecule has 0 saturated heterocycles. The summed E-state index contributed by atoms with van der Waals surface area (Å²) in [6.45, 7) is 0. The third-order valence-electron chi connectivity index (χ3n) is 4.52. The standard InChI is InChI=1S/C22H17ClN2O4S2/c23-18-6-3-7-20(15-18)25-30(26,27)21-12-9-19(10-13-21)24-31(28,29)22-11-8-16-4-1-2-5-17(16)14-22/h1-15,24-25H. The van der Waals surface area contributed by atoms with E-state index in [1.54, 1.807) is 30.3 Å². The summed E-state index contributed by atoms with van der Waals surface area (Å²) in [5.74, 6) is 0. The Morgan fingerprint density at radius 2 is 1.16 bits per heavy atom. The highest BCUT2D eigenvalue weighted by Gasteiger charge is 2.17. The van der Waals surface area contributed by atoms with Crippen LogP contribution in [0.25, 0.3) is 10.8 Å². The van der Waals surface area contributed by atoms with Crippen molar-refractivity contribution in [1.82, 2.24) is 0 Å². The second-order valence-corrected chi connectivity index (χ2v) is 10.6. The number of sulfonamides is 2. The van der Waals surface area contributed by atoms with Crippen LogP contribution >= 0.6 is 11.6 Å². The molecular formula is C22H17ClN2O4S2. The molecule has 0 atom stereocenters. The van der Waals surface area contributed by atoms with Crippen molar-refractivity contribution in [2.75, 3.05) is 9.44 Å². The smallest absolute Gasteiger partial charge is 0.261 e. The normalized spacial score (nSPS) is 11.9. The Morgan fingerprint density at radius 3 is 1.87 bits per heavy atom. The molecular weight excluding hydrogens is 456 g/mol. The Kier molecular flexibility index (Phi) is 5.62. The van der Waals surface area contributed by atoms with Gasteiger partial charge in [-0.2, -0.15) is 0 Å². The molecule has 0 aliphatic carbocycles. The zero-order valence-corrected chi connectivity index (χ0v) is 18.4. The summed E-state index contributed by atoms with van der Waals surface area (Å²) in [6, 6.07) is 24.1. The monoisotopic (exact) mass is 472 g/mol. The van der Waals surface area contributed by atoms with Gasteiger partial charge in [-0.3, -0.25) is 9.44 Å². The molecule has 0 aromatic heterocycles. The lowest BCUT2D eigenvalue weighted by Gasteiger charge is -2.11. The maximum Gasteiger partial charge on any atom is 0.261 e. The van der Waals surface area contributed by atoms with Gasteiger partial charge >= 0.3 is 0 Å². The lowest BCUT2D eigenvalue weighted by molar-refractivity contribution is 0.600. The van der Waals surface area contributed by atoms with Crippen molar-refractivity contribution in [2.24, 2.45) is 0 Å². The van der Waals surface area contributed by atoms with Gasteiger partial charge in [-0.05, 0) is 65.4 Å². The van der Waals surface area contributed by atoms with Gasteiger partial charge in [-0.1, -0.05) is 48.0 Å². The predicted octanol–water partition coefficient (Wildman–Crippen LogP) is 5.09. The van der Waals surface area contributed by atoms with E-state index < -0.39 is 20.0 Å². The first kappa shape index (κ1) is 21.2. The van der Waals surface area contributed by atoms with E-state index in [2.05, 4.69) is 9.44 Å². The van der Waals surface area contributed by atoms with Crippen LogP contribution in [0.15, 0.2) is 101 Å². The molecule has 4 aromatic carbocycles. The molecule has 0 amide bonds. The van der Waals surface area contributed by atoms with Gasteiger partial charge in [0.25, 0.3) is 20.0 Å². The molecule has 0 saturated carbocycles. The molecule has 4 rings (SSSR count). The average Bonchev–Trinajstić information content (AvgIpc) is 2.73. The molecule has 0 aliphatic heterocycles. The van der Waals surface area contributed by atoms with E-state index in [1.807, 2.05) is 24.3 Å². The molecule has 0 radical (unpaired) electrons. The molecule has 9 heteroatoms. The van der Waals surface area contributed by atoms with Gasteiger partial charge in [-0.15, -0.1) is 0 Å².